The SMILES string of the molecule is CN(C)c1ccc(-c2nnc(C=CC(=O)O)o2)cc1. The Labute approximate surface area is 110 Å². The lowest BCUT2D eigenvalue weighted by Crippen LogP contribution is -2.07. The van der Waals surface area contributed by atoms with Gasteiger partial charge in [0.05, 0.1) is 0 Å². The zero-order valence-electron chi connectivity index (χ0n) is 10.6. The number of anilines is 1. The second-order valence-corrected chi connectivity index (χ2v) is 4.06. The molecule has 1 aromatic carbocycles. The predicted octanol–water partition coefficient (Wildman–Crippen LogP) is 1.90. The lowest BCUT2D eigenvalue weighted by Gasteiger charge is -2.11. The second kappa shape index (κ2) is 5.34. The molecule has 0 aliphatic carbocycles. The first kappa shape index (κ1) is 12.8. The molecule has 0 bridgehead atoms. The van der Waals surface area contributed by atoms with Gasteiger partial charge < -0.3 is 14.4 Å². The van der Waals surface area contributed by atoms with Crippen molar-refractivity contribution in [3.8, 4) is 11.5 Å². The van der Waals surface area contributed by atoms with Crippen molar-refractivity contribution in [2.75, 3.05) is 19.0 Å². The number of nitrogens with zero attached hydrogens (tertiary/aromatic N) is 3. The van der Waals surface area contributed by atoms with E-state index < -0.39 is 5.97 Å². The summed E-state index contributed by atoms with van der Waals surface area (Å²) in [6, 6.07) is 7.61. The van der Waals surface area contributed by atoms with Gasteiger partial charge in [-0.3, -0.25) is 0 Å². The Bertz CT molecular complexity index is 600. The lowest BCUT2D eigenvalue weighted by atomic mass is 10.2. The molecule has 6 nitrogen and oxygen atoms in total. The minimum absolute atomic E-state index is 0.161. The highest BCUT2D eigenvalue weighted by molar-refractivity contribution is 5.84. The number of carboxylic acids is 1. The van der Waals surface area contributed by atoms with E-state index in [-0.39, 0.29) is 5.89 Å². The molecule has 2 rings (SSSR count). The fraction of sp³-hybridized carbons (Fsp3) is 0.154. The van der Waals surface area contributed by atoms with Crippen LogP contribution in [-0.2, 0) is 4.79 Å². The highest BCUT2D eigenvalue weighted by atomic mass is 16.4. The van der Waals surface area contributed by atoms with Crippen molar-refractivity contribution in [2.24, 2.45) is 0 Å². The number of aromatic nitrogens is 2. The number of hydrogen-bond donors (Lipinski definition) is 1. The average molecular weight is 259 g/mol. The molecule has 0 saturated heterocycles. The third-order valence-electron chi connectivity index (χ3n) is 2.44. The molecular formula is C13H13N3O3. The number of aliphatic carboxylic acids is 1. The molecule has 19 heavy (non-hydrogen) atoms. The Balaban J connectivity index is 2.20. The van der Waals surface area contributed by atoms with Gasteiger partial charge in [0.2, 0.25) is 11.8 Å². The summed E-state index contributed by atoms with van der Waals surface area (Å²) in [6.07, 6.45) is 2.21. The van der Waals surface area contributed by atoms with Crippen LogP contribution in [0.5, 0.6) is 0 Å². The molecule has 1 heterocycles. The maximum Gasteiger partial charge on any atom is 0.328 e. The summed E-state index contributed by atoms with van der Waals surface area (Å²) in [5, 5.41) is 16.1. The molecule has 0 atom stereocenters. The summed E-state index contributed by atoms with van der Waals surface area (Å²) in [5.74, 6) is -0.542. The molecule has 0 radical (unpaired) electrons. The van der Waals surface area contributed by atoms with Gasteiger partial charge >= 0.3 is 5.97 Å². The molecule has 1 N–H and O–H groups in total. The molecule has 2 aromatic rings. The first-order valence-corrected chi connectivity index (χ1v) is 5.58. The smallest absolute Gasteiger partial charge is 0.328 e. The maximum absolute atomic E-state index is 10.4. The fourth-order valence-electron chi connectivity index (χ4n) is 1.46. The topological polar surface area (TPSA) is 79.5 Å². The summed E-state index contributed by atoms with van der Waals surface area (Å²) in [5.41, 5.74) is 1.85. The van der Waals surface area contributed by atoms with Crippen LogP contribution in [0.3, 0.4) is 0 Å². The van der Waals surface area contributed by atoms with Crippen molar-refractivity contribution in [1.29, 1.82) is 0 Å². The number of hydrogen-bond acceptors (Lipinski definition) is 5. The van der Waals surface area contributed by atoms with Crippen LogP contribution in [0.1, 0.15) is 5.89 Å². The largest absolute Gasteiger partial charge is 0.478 e. The number of carbonyl (C=O) groups is 1. The van der Waals surface area contributed by atoms with Crippen LogP contribution in [0.2, 0.25) is 0 Å². The number of rotatable bonds is 4. The minimum Gasteiger partial charge on any atom is -0.478 e. The van der Waals surface area contributed by atoms with E-state index in [0.717, 1.165) is 17.3 Å². The summed E-state index contributed by atoms with van der Waals surface area (Å²) >= 11 is 0. The van der Waals surface area contributed by atoms with Gasteiger partial charge in [-0.2, -0.15) is 0 Å². The first-order chi connectivity index (χ1) is 9.06. The van der Waals surface area contributed by atoms with E-state index in [1.54, 1.807) is 0 Å². The van der Waals surface area contributed by atoms with Gasteiger partial charge in [-0.15, -0.1) is 10.2 Å². The van der Waals surface area contributed by atoms with E-state index in [1.807, 2.05) is 43.3 Å². The van der Waals surface area contributed by atoms with E-state index in [9.17, 15) is 4.79 Å². The van der Waals surface area contributed by atoms with Crippen molar-refractivity contribution in [3.63, 3.8) is 0 Å². The second-order valence-electron chi connectivity index (χ2n) is 4.06. The molecule has 6 heteroatoms. The zero-order valence-corrected chi connectivity index (χ0v) is 10.6. The molecule has 0 aliphatic rings. The highest BCUT2D eigenvalue weighted by Gasteiger charge is 2.07. The highest BCUT2D eigenvalue weighted by Crippen LogP contribution is 2.21. The van der Waals surface area contributed by atoms with Crippen LogP contribution >= 0.6 is 0 Å². The van der Waals surface area contributed by atoms with Crippen LogP contribution in [0.4, 0.5) is 5.69 Å². The quantitative estimate of drug-likeness (QED) is 0.845. The van der Waals surface area contributed by atoms with Gasteiger partial charge in [0.1, 0.15) is 0 Å². The molecule has 0 aliphatic heterocycles. The molecule has 0 fully saturated rings. The van der Waals surface area contributed by atoms with Crippen LogP contribution in [0.25, 0.3) is 17.5 Å². The Morgan fingerprint density at radius 2 is 1.95 bits per heavy atom. The summed E-state index contributed by atoms with van der Waals surface area (Å²) in [6.45, 7) is 0. The van der Waals surface area contributed by atoms with Crippen molar-refractivity contribution in [2.45, 2.75) is 0 Å². The molecule has 98 valence electrons. The first-order valence-electron chi connectivity index (χ1n) is 5.58. The summed E-state index contributed by atoms with van der Waals surface area (Å²) in [4.78, 5) is 12.4. The summed E-state index contributed by atoms with van der Waals surface area (Å²) in [7, 11) is 3.91. The zero-order chi connectivity index (χ0) is 13.8. The van der Waals surface area contributed by atoms with E-state index in [0.29, 0.717) is 5.89 Å². The van der Waals surface area contributed by atoms with Crippen molar-refractivity contribution in [1.82, 2.24) is 10.2 Å². The Morgan fingerprint density at radius 3 is 2.53 bits per heavy atom. The average Bonchev–Trinajstić information content (AvgIpc) is 2.85. The predicted molar refractivity (Wildman–Crippen MR) is 70.7 cm³/mol. The molecule has 0 amide bonds. The maximum atomic E-state index is 10.4. The van der Waals surface area contributed by atoms with E-state index in [2.05, 4.69) is 10.2 Å². The van der Waals surface area contributed by atoms with Crippen LogP contribution < -0.4 is 4.90 Å². The van der Waals surface area contributed by atoms with Crippen molar-refractivity contribution >= 4 is 17.7 Å². The Hall–Kier alpha value is -2.63. The summed E-state index contributed by atoms with van der Waals surface area (Å²) < 4.78 is 5.33. The van der Waals surface area contributed by atoms with Crippen LogP contribution in [-0.4, -0.2) is 35.4 Å². The van der Waals surface area contributed by atoms with Crippen LogP contribution in [0, 0.1) is 0 Å². The molecule has 0 spiro atoms. The fourth-order valence-corrected chi connectivity index (χ4v) is 1.46. The van der Waals surface area contributed by atoms with Gasteiger partial charge in [0, 0.05) is 37.5 Å². The van der Waals surface area contributed by atoms with E-state index in [4.69, 9.17) is 9.52 Å². The molecule has 0 saturated carbocycles. The van der Waals surface area contributed by atoms with Gasteiger partial charge in [-0.05, 0) is 24.3 Å². The third kappa shape index (κ3) is 3.19. The van der Waals surface area contributed by atoms with Gasteiger partial charge in [-0.1, -0.05) is 0 Å². The van der Waals surface area contributed by atoms with Gasteiger partial charge in [0.15, 0.2) is 0 Å². The standard InChI is InChI=1S/C13H13N3O3/c1-16(2)10-5-3-9(4-6-10)13-15-14-11(19-13)7-8-12(17)18/h3-8H,1-2H3,(H,17,18). The number of benzene rings is 1. The monoisotopic (exact) mass is 259 g/mol. The van der Waals surface area contributed by atoms with E-state index in [1.165, 1.54) is 6.08 Å². The van der Waals surface area contributed by atoms with Crippen molar-refractivity contribution < 1.29 is 14.3 Å². The lowest BCUT2D eigenvalue weighted by molar-refractivity contribution is -0.131. The van der Waals surface area contributed by atoms with Crippen LogP contribution in [0.15, 0.2) is 34.8 Å². The number of carboxylic acid groups (broad SMARTS) is 1. The molecule has 1 aromatic heterocycles. The molecule has 0 unspecified atom stereocenters. The van der Waals surface area contributed by atoms with E-state index >= 15 is 0 Å². The Kier molecular flexibility index (Phi) is 3.61. The normalized spacial score (nSPS) is 10.8. The van der Waals surface area contributed by atoms with Gasteiger partial charge in [-0.25, -0.2) is 4.79 Å². The third-order valence-corrected chi connectivity index (χ3v) is 2.44. The van der Waals surface area contributed by atoms with Crippen molar-refractivity contribution in [3.05, 3.63) is 36.2 Å². The minimum atomic E-state index is -1.06. The van der Waals surface area contributed by atoms with Gasteiger partial charge in [0.25, 0.3) is 0 Å². The Morgan fingerprint density at radius 1 is 1.26 bits per heavy atom. The molecular weight excluding hydrogens is 246 g/mol.